The molecule has 0 fully saturated rings. The Hall–Kier alpha value is -0.590. The van der Waals surface area contributed by atoms with Gasteiger partial charge in [-0.3, -0.25) is 9.59 Å². The molecule has 0 heterocycles. The second-order valence-corrected chi connectivity index (χ2v) is 3.28. The number of thioether (sulfide) groups is 1. The molecule has 0 aliphatic rings. The number of carboxylic acids is 1. The van der Waals surface area contributed by atoms with Gasteiger partial charge in [-0.05, 0) is 6.92 Å². The van der Waals surface area contributed by atoms with Crippen LogP contribution in [0.25, 0.3) is 0 Å². The lowest BCUT2D eigenvalue weighted by Gasteiger charge is -2.05. The molecule has 0 saturated carbocycles. The van der Waals surface area contributed by atoms with E-state index in [0.717, 1.165) is 11.8 Å². The van der Waals surface area contributed by atoms with Crippen molar-refractivity contribution < 1.29 is 19.8 Å². The molecule has 6 heteroatoms. The normalized spacial score (nSPS) is 15.2. The second kappa shape index (κ2) is 5.13. The summed E-state index contributed by atoms with van der Waals surface area (Å²) in [5.41, 5.74) is 5.11. The predicted molar refractivity (Wildman–Crippen MR) is 44.8 cm³/mol. The van der Waals surface area contributed by atoms with E-state index in [4.69, 9.17) is 15.9 Å². The van der Waals surface area contributed by atoms with E-state index in [1.54, 1.807) is 0 Å². The van der Waals surface area contributed by atoms with Crippen molar-refractivity contribution in [1.29, 1.82) is 0 Å². The van der Waals surface area contributed by atoms with Gasteiger partial charge in [0.25, 0.3) is 0 Å². The molecule has 0 rings (SSSR count). The van der Waals surface area contributed by atoms with Gasteiger partial charge in [-0.15, -0.1) is 0 Å². The van der Waals surface area contributed by atoms with Crippen LogP contribution in [-0.2, 0) is 9.59 Å². The fourth-order valence-corrected chi connectivity index (χ4v) is 1.09. The highest BCUT2D eigenvalue weighted by molar-refractivity contribution is 8.13. The van der Waals surface area contributed by atoms with Crippen LogP contribution in [0.4, 0.5) is 0 Å². The first-order valence-electron chi connectivity index (χ1n) is 3.28. The molecule has 5 nitrogen and oxygen atoms in total. The minimum absolute atomic E-state index is 0.0148. The third-order valence-electron chi connectivity index (χ3n) is 1.06. The molecule has 0 aromatic rings. The number of carbonyl (C=O) groups excluding carboxylic acids is 1. The molecule has 0 spiro atoms. The van der Waals surface area contributed by atoms with E-state index in [2.05, 4.69) is 0 Å². The molecule has 0 aromatic carbocycles. The zero-order chi connectivity index (χ0) is 9.72. The van der Waals surface area contributed by atoms with E-state index in [-0.39, 0.29) is 5.75 Å². The van der Waals surface area contributed by atoms with E-state index in [9.17, 15) is 9.59 Å². The molecule has 0 aliphatic heterocycles. The minimum atomic E-state index is -1.15. The maximum atomic E-state index is 10.7. The number of aliphatic carboxylic acids is 1. The molecule has 2 atom stereocenters. The Kier molecular flexibility index (Phi) is 4.87. The maximum absolute atomic E-state index is 10.7. The number of hydrogen-bond donors (Lipinski definition) is 3. The maximum Gasteiger partial charge on any atom is 0.321 e. The van der Waals surface area contributed by atoms with E-state index in [1.807, 2.05) is 0 Å². The van der Waals surface area contributed by atoms with Gasteiger partial charge in [0, 0.05) is 5.75 Å². The van der Waals surface area contributed by atoms with Crippen molar-refractivity contribution in [2.75, 3.05) is 5.75 Å². The number of aliphatic hydroxyl groups excluding tert-OH is 1. The number of aliphatic hydroxyl groups is 1. The Balaban J connectivity index is 3.69. The van der Waals surface area contributed by atoms with Gasteiger partial charge in [0.15, 0.2) is 0 Å². The summed E-state index contributed by atoms with van der Waals surface area (Å²) in [5.74, 6) is -1.17. The van der Waals surface area contributed by atoms with Gasteiger partial charge in [0.1, 0.15) is 12.1 Å². The summed E-state index contributed by atoms with van der Waals surface area (Å²) >= 11 is 0.726. The van der Waals surface area contributed by atoms with Crippen molar-refractivity contribution in [1.82, 2.24) is 0 Å². The van der Waals surface area contributed by atoms with E-state index >= 15 is 0 Å². The zero-order valence-electron chi connectivity index (χ0n) is 6.56. The fourth-order valence-electron chi connectivity index (χ4n) is 0.364. The highest BCUT2D eigenvalue weighted by Gasteiger charge is 2.16. The highest BCUT2D eigenvalue weighted by Crippen LogP contribution is 2.06. The summed E-state index contributed by atoms with van der Waals surface area (Å²) in [6.45, 7) is 1.32. The lowest BCUT2D eigenvalue weighted by Crippen LogP contribution is -2.33. The first kappa shape index (κ1) is 11.4. The fraction of sp³-hybridized carbons (Fsp3) is 0.667. The molecule has 0 unspecified atom stereocenters. The van der Waals surface area contributed by atoms with Crippen LogP contribution in [0.1, 0.15) is 6.92 Å². The second-order valence-electron chi connectivity index (χ2n) is 2.25. The van der Waals surface area contributed by atoms with Crippen LogP contribution in [0.3, 0.4) is 0 Å². The van der Waals surface area contributed by atoms with E-state index in [0.29, 0.717) is 0 Å². The average molecular weight is 193 g/mol. The number of carboxylic acid groups (broad SMARTS) is 1. The molecule has 0 aromatic heterocycles. The molecule has 0 amide bonds. The Labute approximate surface area is 73.9 Å². The van der Waals surface area contributed by atoms with Crippen LogP contribution in [0.5, 0.6) is 0 Å². The standard InChI is InChI=1S/C6H11NO4S/c1-3(8)6(11)12-2-4(7)5(9)10/h3-4,8H,2,7H2,1H3,(H,9,10)/t3-,4+/m1/s1. The third-order valence-corrected chi connectivity index (χ3v) is 2.21. The zero-order valence-corrected chi connectivity index (χ0v) is 7.37. The Morgan fingerprint density at radius 1 is 1.58 bits per heavy atom. The predicted octanol–water partition coefficient (Wildman–Crippen LogP) is -0.961. The van der Waals surface area contributed by atoms with Crippen molar-refractivity contribution in [3.05, 3.63) is 0 Å². The smallest absolute Gasteiger partial charge is 0.321 e. The first-order chi connectivity index (χ1) is 5.45. The summed E-state index contributed by atoms with van der Waals surface area (Å²) < 4.78 is 0. The van der Waals surface area contributed by atoms with Gasteiger partial charge >= 0.3 is 5.97 Å². The van der Waals surface area contributed by atoms with Gasteiger partial charge in [0.2, 0.25) is 5.12 Å². The van der Waals surface area contributed by atoms with Gasteiger partial charge in [-0.25, -0.2) is 0 Å². The topological polar surface area (TPSA) is 101 Å². The van der Waals surface area contributed by atoms with Crippen molar-refractivity contribution >= 4 is 22.8 Å². The summed E-state index contributed by atoms with van der Waals surface area (Å²) in [7, 11) is 0. The van der Waals surface area contributed by atoms with Gasteiger partial charge in [0.05, 0.1) is 0 Å². The molecule has 4 N–H and O–H groups in total. The average Bonchev–Trinajstić information content (AvgIpc) is 1.98. The molecule has 0 radical (unpaired) electrons. The molecular weight excluding hydrogens is 182 g/mol. The lowest BCUT2D eigenvalue weighted by molar-refractivity contribution is -0.137. The number of carbonyl (C=O) groups is 2. The number of nitrogens with two attached hydrogens (primary N) is 1. The first-order valence-corrected chi connectivity index (χ1v) is 4.26. The molecule has 0 saturated heterocycles. The van der Waals surface area contributed by atoms with Crippen LogP contribution < -0.4 is 5.73 Å². The SMILES string of the molecule is C[C@@H](O)C(=O)SC[C@H](N)C(=O)O. The van der Waals surface area contributed by atoms with Crippen LogP contribution in [0.15, 0.2) is 0 Å². The van der Waals surface area contributed by atoms with Crippen LogP contribution >= 0.6 is 11.8 Å². The van der Waals surface area contributed by atoms with E-state index < -0.39 is 23.2 Å². The quantitative estimate of drug-likeness (QED) is 0.531. The summed E-state index contributed by atoms with van der Waals surface area (Å²) in [6, 6.07) is -1.06. The third kappa shape index (κ3) is 4.32. The molecule has 0 bridgehead atoms. The number of hydrogen-bond acceptors (Lipinski definition) is 5. The van der Waals surface area contributed by atoms with Crippen molar-refractivity contribution in [2.45, 2.75) is 19.1 Å². The Morgan fingerprint density at radius 3 is 2.42 bits per heavy atom. The molecule has 70 valence electrons. The Morgan fingerprint density at radius 2 is 2.08 bits per heavy atom. The van der Waals surface area contributed by atoms with Gasteiger partial charge < -0.3 is 15.9 Å². The van der Waals surface area contributed by atoms with Crippen molar-refractivity contribution in [2.24, 2.45) is 5.73 Å². The number of rotatable bonds is 4. The van der Waals surface area contributed by atoms with E-state index in [1.165, 1.54) is 6.92 Å². The van der Waals surface area contributed by atoms with Gasteiger partial charge in [-0.2, -0.15) is 0 Å². The molecule has 0 aliphatic carbocycles. The van der Waals surface area contributed by atoms with Gasteiger partial charge in [-0.1, -0.05) is 11.8 Å². The van der Waals surface area contributed by atoms with Crippen LogP contribution in [-0.4, -0.2) is 39.2 Å². The van der Waals surface area contributed by atoms with Crippen LogP contribution in [0, 0.1) is 0 Å². The monoisotopic (exact) mass is 193 g/mol. The lowest BCUT2D eigenvalue weighted by atomic mass is 10.4. The Bertz CT molecular complexity index is 182. The summed E-state index contributed by atoms with van der Waals surface area (Å²) in [6.07, 6.45) is -1.07. The largest absolute Gasteiger partial charge is 0.480 e. The molecule has 12 heavy (non-hydrogen) atoms. The van der Waals surface area contributed by atoms with Crippen molar-refractivity contribution in [3.8, 4) is 0 Å². The summed E-state index contributed by atoms with van der Waals surface area (Å²) in [4.78, 5) is 20.9. The molecular formula is C6H11NO4S. The van der Waals surface area contributed by atoms with Crippen LogP contribution in [0.2, 0.25) is 0 Å². The minimum Gasteiger partial charge on any atom is -0.480 e. The summed E-state index contributed by atoms with van der Waals surface area (Å²) in [5, 5.41) is 16.6. The van der Waals surface area contributed by atoms with Crippen molar-refractivity contribution in [3.63, 3.8) is 0 Å². The highest BCUT2D eigenvalue weighted by atomic mass is 32.2.